The summed E-state index contributed by atoms with van der Waals surface area (Å²) in [4.78, 5) is 28.0. The van der Waals surface area contributed by atoms with Gasteiger partial charge >= 0.3 is 0 Å². The molecule has 0 bridgehead atoms. The van der Waals surface area contributed by atoms with Crippen molar-refractivity contribution in [1.29, 1.82) is 0 Å². The second-order valence-electron chi connectivity index (χ2n) is 6.74. The number of fused-ring (bicyclic) bond motifs is 1. The van der Waals surface area contributed by atoms with Crippen molar-refractivity contribution in [2.45, 2.75) is 19.9 Å². The Morgan fingerprint density at radius 1 is 1.30 bits per heavy atom. The van der Waals surface area contributed by atoms with Crippen LogP contribution in [0, 0.1) is 17.3 Å². The van der Waals surface area contributed by atoms with Gasteiger partial charge in [-0.15, -0.1) is 0 Å². The Morgan fingerprint density at radius 3 is 2.55 bits per heavy atom. The first-order chi connectivity index (χ1) is 9.43. The third-order valence-corrected chi connectivity index (χ3v) is 5.28. The Bertz CT molecular complexity index is 431. The van der Waals surface area contributed by atoms with Crippen molar-refractivity contribution in [1.82, 2.24) is 9.80 Å². The molecule has 112 valence electrons. The Kier molecular flexibility index (Phi) is 3.25. The van der Waals surface area contributed by atoms with Crippen LogP contribution in [-0.4, -0.2) is 67.0 Å². The molecule has 2 saturated heterocycles. The molecular formula is C14H23N3O3. The molecule has 3 fully saturated rings. The second kappa shape index (κ2) is 4.70. The number of rotatable bonds is 3. The summed E-state index contributed by atoms with van der Waals surface area (Å²) >= 11 is 0. The van der Waals surface area contributed by atoms with Crippen molar-refractivity contribution >= 4 is 11.8 Å². The van der Waals surface area contributed by atoms with E-state index in [-0.39, 0.29) is 23.1 Å². The van der Waals surface area contributed by atoms with Crippen LogP contribution in [0.25, 0.3) is 0 Å². The van der Waals surface area contributed by atoms with Gasteiger partial charge in [0.25, 0.3) is 0 Å². The van der Waals surface area contributed by atoms with E-state index in [0.717, 1.165) is 13.1 Å². The number of amides is 2. The maximum absolute atomic E-state index is 12.4. The van der Waals surface area contributed by atoms with Gasteiger partial charge in [-0.1, -0.05) is 13.8 Å². The highest BCUT2D eigenvalue weighted by Crippen LogP contribution is 2.64. The number of nitrogens with two attached hydrogens (primary N) is 1. The van der Waals surface area contributed by atoms with E-state index in [9.17, 15) is 9.59 Å². The van der Waals surface area contributed by atoms with Gasteiger partial charge in [0.2, 0.25) is 11.8 Å². The predicted molar refractivity (Wildman–Crippen MR) is 72.7 cm³/mol. The summed E-state index contributed by atoms with van der Waals surface area (Å²) in [5.41, 5.74) is 5.68. The smallest absolute Gasteiger partial charge is 0.240 e. The van der Waals surface area contributed by atoms with Gasteiger partial charge in [-0.25, -0.2) is 0 Å². The number of carbonyl (C=O) groups is 2. The molecule has 1 aliphatic carbocycles. The molecule has 2 N–H and O–H groups in total. The second-order valence-corrected chi connectivity index (χ2v) is 6.74. The molecule has 2 aliphatic heterocycles. The summed E-state index contributed by atoms with van der Waals surface area (Å²) in [5, 5.41) is 0. The van der Waals surface area contributed by atoms with Crippen LogP contribution in [0.5, 0.6) is 0 Å². The van der Waals surface area contributed by atoms with Crippen molar-refractivity contribution in [2.24, 2.45) is 23.0 Å². The molecule has 3 atom stereocenters. The third-order valence-electron chi connectivity index (χ3n) is 5.28. The highest BCUT2D eigenvalue weighted by molar-refractivity contribution is 5.89. The van der Waals surface area contributed by atoms with Gasteiger partial charge in [0.05, 0.1) is 19.8 Å². The summed E-state index contributed by atoms with van der Waals surface area (Å²) in [7, 11) is 0. The molecule has 6 nitrogen and oxygen atoms in total. The number of primary amides is 1. The monoisotopic (exact) mass is 281 g/mol. The first kappa shape index (κ1) is 13.8. The van der Waals surface area contributed by atoms with E-state index in [0.29, 0.717) is 32.2 Å². The van der Waals surface area contributed by atoms with Gasteiger partial charge in [0.1, 0.15) is 6.04 Å². The molecule has 0 aromatic carbocycles. The van der Waals surface area contributed by atoms with Gasteiger partial charge in [-0.2, -0.15) is 0 Å². The van der Waals surface area contributed by atoms with E-state index in [1.54, 1.807) is 4.90 Å². The van der Waals surface area contributed by atoms with Gasteiger partial charge in [-0.3, -0.25) is 14.5 Å². The lowest BCUT2D eigenvalue weighted by atomic mass is 10.0. The summed E-state index contributed by atoms with van der Waals surface area (Å²) in [6.45, 7) is 8.25. The lowest BCUT2D eigenvalue weighted by Gasteiger charge is -2.32. The van der Waals surface area contributed by atoms with Crippen molar-refractivity contribution in [3.63, 3.8) is 0 Å². The molecule has 6 heteroatoms. The number of nitrogens with zero attached hydrogens (tertiary/aromatic N) is 2. The molecule has 0 spiro atoms. The largest absolute Gasteiger partial charge is 0.379 e. The third kappa shape index (κ3) is 2.11. The SMILES string of the molecule is CC1(C)C2CN(C(=O)CN3CCOCC3)C(C(N)=O)C21. The van der Waals surface area contributed by atoms with Crippen molar-refractivity contribution in [2.75, 3.05) is 39.4 Å². The zero-order valence-electron chi connectivity index (χ0n) is 12.2. The zero-order valence-corrected chi connectivity index (χ0v) is 12.2. The summed E-state index contributed by atoms with van der Waals surface area (Å²) < 4.78 is 5.28. The number of ether oxygens (including phenoxy) is 1. The first-order valence-corrected chi connectivity index (χ1v) is 7.32. The Labute approximate surface area is 119 Å². The zero-order chi connectivity index (χ0) is 14.5. The average Bonchev–Trinajstić information content (AvgIpc) is 2.77. The van der Waals surface area contributed by atoms with E-state index in [1.807, 2.05) is 0 Å². The number of hydrogen-bond acceptors (Lipinski definition) is 4. The van der Waals surface area contributed by atoms with E-state index in [2.05, 4.69) is 18.7 Å². The summed E-state index contributed by atoms with van der Waals surface area (Å²) in [6, 6.07) is -0.413. The number of morpholine rings is 1. The number of likely N-dealkylation sites (tertiary alicyclic amines) is 1. The normalized spacial score (nSPS) is 35.7. The quantitative estimate of drug-likeness (QED) is 0.741. The van der Waals surface area contributed by atoms with Crippen molar-refractivity contribution in [3.05, 3.63) is 0 Å². The molecule has 3 aliphatic rings. The molecule has 2 amide bonds. The first-order valence-electron chi connectivity index (χ1n) is 7.32. The fourth-order valence-electron chi connectivity index (χ4n) is 3.91. The standard InChI is InChI=1S/C14H23N3O3/c1-14(2)9-7-17(12(11(9)14)13(15)19)10(18)8-16-3-5-20-6-4-16/h9,11-12H,3-8H2,1-2H3,(H2,15,19). The topological polar surface area (TPSA) is 75.9 Å². The van der Waals surface area contributed by atoms with Gasteiger partial charge < -0.3 is 15.4 Å². The van der Waals surface area contributed by atoms with Crippen molar-refractivity contribution in [3.8, 4) is 0 Å². The van der Waals surface area contributed by atoms with E-state index >= 15 is 0 Å². The number of carbonyl (C=O) groups excluding carboxylic acids is 2. The predicted octanol–water partition coefficient (Wildman–Crippen LogP) is -0.713. The fraction of sp³-hybridized carbons (Fsp3) is 0.857. The molecule has 0 radical (unpaired) electrons. The van der Waals surface area contributed by atoms with Crippen LogP contribution in [0.1, 0.15) is 13.8 Å². The molecule has 1 saturated carbocycles. The molecule has 0 aromatic rings. The molecule has 3 rings (SSSR count). The minimum Gasteiger partial charge on any atom is -0.379 e. The number of hydrogen-bond donors (Lipinski definition) is 1. The van der Waals surface area contributed by atoms with Crippen LogP contribution in [-0.2, 0) is 14.3 Å². The van der Waals surface area contributed by atoms with Crippen LogP contribution in [0.4, 0.5) is 0 Å². The molecular weight excluding hydrogens is 258 g/mol. The van der Waals surface area contributed by atoms with Crippen LogP contribution in [0.15, 0.2) is 0 Å². The van der Waals surface area contributed by atoms with E-state index < -0.39 is 6.04 Å². The molecule has 0 aromatic heterocycles. The van der Waals surface area contributed by atoms with Crippen LogP contribution < -0.4 is 5.73 Å². The summed E-state index contributed by atoms with van der Waals surface area (Å²) in [5.74, 6) is 0.333. The average molecular weight is 281 g/mol. The number of piperidine rings is 1. The molecule has 2 heterocycles. The maximum Gasteiger partial charge on any atom is 0.240 e. The minimum absolute atomic E-state index is 0.0266. The van der Waals surface area contributed by atoms with Crippen molar-refractivity contribution < 1.29 is 14.3 Å². The van der Waals surface area contributed by atoms with Gasteiger partial charge in [-0.05, 0) is 17.3 Å². The Morgan fingerprint density at radius 2 is 1.95 bits per heavy atom. The van der Waals surface area contributed by atoms with Gasteiger partial charge in [0.15, 0.2) is 0 Å². The lowest BCUT2D eigenvalue weighted by Crippen LogP contribution is -2.52. The van der Waals surface area contributed by atoms with Crippen LogP contribution >= 0.6 is 0 Å². The molecule has 20 heavy (non-hydrogen) atoms. The minimum atomic E-state index is -0.413. The highest BCUT2D eigenvalue weighted by Gasteiger charge is 2.68. The Balaban J connectivity index is 1.65. The maximum atomic E-state index is 12.4. The highest BCUT2D eigenvalue weighted by atomic mass is 16.5. The fourth-order valence-corrected chi connectivity index (χ4v) is 3.91. The van der Waals surface area contributed by atoms with Crippen LogP contribution in [0.2, 0.25) is 0 Å². The summed E-state index contributed by atoms with van der Waals surface area (Å²) in [6.07, 6.45) is 0. The molecule has 3 unspecified atom stereocenters. The van der Waals surface area contributed by atoms with Crippen LogP contribution in [0.3, 0.4) is 0 Å². The van der Waals surface area contributed by atoms with Gasteiger partial charge in [0, 0.05) is 19.6 Å². The Hall–Kier alpha value is -1.14. The lowest BCUT2D eigenvalue weighted by molar-refractivity contribution is -0.140. The van der Waals surface area contributed by atoms with E-state index in [1.165, 1.54) is 0 Å². The van der Waals surface area contributed by atoms with E-state index in [4.69, 9.17) is 10.5 Å².